The van der Waals surface area contributed by atoms with Gasteiger partial charge in [-0.25, -0.2) is 0 Å². The van der Waals surface area contributed by atoms with E-state index in [0.29, 0.717) is 18.8 Å². The third-order valence-electron chi connectivity index (χ3n) is 4.00. The van der Waals surface area contributed by atoms with Crippen molar-refractivity contribution < 1.29 is 9.72 Å². The maximum absolute atomic E-state index is 11.8. The zero-order chi connectivity index (χ0) is 18.2. The minimum absolute atomic E-state index is 0.0954. The molecule has 1 saturated heterocycles. The highest BCUT2D eigenvalue weighted by Crippen LogP contribution is 2.25. The Bertz CT molecular complexity index is 735. The van der Waals surface area contributed by atoms with Crippen LogP contribution in [-0.4, -0.2) is 55.0 Å². The molecule has 1 aromatic carbocycles. The SMILES string of the molecule is C#CCNC(=O)CN1CCCN(c2ccc([N+](=O)[O-])cc2C#N)CC1. The van der Waals surface area contributed by atoms with Gasteiger partial charge >= 0.3 is 0 Å². The largest absolute Gasteiger partial charge is 0.369 e. The van der Waals surface area contributed by atoms with Gasteiger partial charge in [0.15, 0.2) is 0 Å². The molecule has 0 bridgehead atoms. The molecule has 130 valence electrons. The molecule has 0 radical (unpaired) electrons. The third-order valence-corrected chi connectivity index (χ3v) is 4.00. The van der Waals surface area contributed by atoms with E-state index in [0.717, 1.165) is 19.5 Å². The fourth-order valence-electron chi connectivity index (χ4n) is 2.78. The lowest BCUT2D eigenvalue weighted by Crippen LogP contribution is -2.39. The Morgan fingerprint density at radius 2 is 2.16 bits per heavy atom. The van der Waals surface area contributed by atoms with Crippen LogP contribution in [0.1, 0.15) is 12.0 Å². The van der Waals surface area contributed by atoms with Crippen molar-refractivity contribution in [3.63, 3.8) is 0 Å². The summed E-state index contributed by atoms with van der Waals surface area (Å²) in [5.41, 5.74) is 0.878. The lowest BCUT2D eigenvalue weighted by molar-refractivity contribution is -0.384. The van der Waals surface area contributed by atoms with Gasteiger partial charge in [-0.3, -0.25) is 19.8 Å². The van der Waals surface area contributed by atoms with Crippen molar-refractivity contribution in [2.24, 2.45) is 0 Å². The van der Waals surface area contributed by atoms with Crippen LogP contribution in [0.25, 0.3) is 0 Å². The number of hydrogen-bond donors (Lipinski definition) is 1. The third kappa shape index (κ3) is 4.93. The summed E-state index contributed by atoms with van der Waals surface area (Å²) >= 11 is 0. The van der Waals surface area contributed by atoms with E-state index in [-0.39, 0.29) is 30.2 Å². The number of nitro benzene ring substituents is 1. The summed E-state index contributed by atoms with van der Waals surface area (Å²) in [4.78, 5) is 26.2. The highest BCUT2D eigenvalue weighted by molar-refractivity contribution is 5.78. The van der Waals surface area contributed by atoms with Crippen LogP contribution in [-0.2, 0) is 4.79 Å². The van der Waals surface area contributed by atoms with E-state index in [4.69, 9.17) is 6.42 Å². The second-order valence-electron chi connectivity index (χ2n) is 5.67. The van der Waals surface area contributed by atoms with Crippen LogP contribution in [0.5, 0.6) is 0 Å². The van der Waals surface area contributed by atoms with Gasteiger partial charge in [0.05, 0.1) is 29.3 Å². The lowest BCUT2D eigenvalue weighted by atomic mass is 10.1. The van der Waals surface area contributed by atoms with Crippen LogP contribution < -0.4 is 10.2 Å². The second-order valence-corrected chi connectivity index (χ2v) is 5.67. The number of terminal acetylenes is 1. The summed E-state index contributed by atoms with van der Waals surface area (Å²) in [7, 11) is 0. The molecule has 25 heavy (non-hydrogen) atoms. The number of nitrogens with zero attached hydrogens (tertiary/aromatic N) is 4. The van der Waals surface area contributed by atoms with Gasteiger partial charge < -0.3 is 10.2 Å². The predicted octanol–water partition coefficient (Wildman–Crippen LogP) is 0.728. The van der Waals surface area contributed by atoms with Gasteiger partial charge in [-0.1, -0.05) is 5.92 Å². The molecule has 0 aromatic heterocycles. The first-order valence-corrected chi connectivity index (χ1v) is 7.91. The second kappa shape index (κ2) is 8.67. The molecule has 0 unspecified atom stereocenters. The zero-order valence-corrected chi connectivity index (χ0v) is 13.8. The summed E-state index contributed by atoms with van der Waals surface area (Å²) in [6, 6.07) is 6.36. The first kappa shape index (κ1) is 18.2. The van der Waals surface area contributed by atoms with E-state index in [9.17, 15) is 20.2 Å². The highest BCUT2D eigenvalue weighted by atomic mass is 16.6. The van der Waals surface area contributed by atoms with Crippen molar-refractivity contribution in [1.29, 1.82) is 5.26 Å². The fraction of sp³-hybridized carbons (Fsp3) is 0.412. The maximum Gasteiger partial charge on any atom is 0.270 e. The summed E-state index contributed by atoms with van der Waals surface area (Å²) in [6.45, 7) is 3.26. The average molecular weight is 341 g/mol. The number of anilines is 1. The first-order valence-electron chi connectivity index (χ1n) is 7.91. The van der Waals surface area contributed by atoms with Crippen LogP contribution in [0.2, 0.25) is 0 Å². The van der Waals surface area contributed by atoms with E-state index >= 15 is 0 Å². The Kier molecular flexibility index (Phi) is 6.33. The Labute approximate surface area is 146 Å². The van der Waals surface area contributed by atoms with E-state index in [1.54, 1.807) is 6.07 Å². The van der Waals surface area contributed by atoms with Crippen molar-refractivity contribution in [3.8, 4) is 18.4 Å². The average Bonchev–Trinajstić information content (AvgIpc) is 2.84. The molecular formula is C17H19N5O3. The molecule has 0 spiro atoms. The number of nitro groups is 1. The first-order chi connectivity index (χ1) is 12.0. The summed E-state index contributed by atoms with van der Waals surface area (Å²) in [5.74, 6) is 2.25. The predicted molar refractivity (Wildman–Crippen MR) is 92.9 cm³/mol. The van der Waals surface area contributed by atoms with Crippen molar-refractivity contribution in [3.05, 3.63) is 33.9 Å². The minimum Gasteiger partial charge on any atom is -0.369 e. The summed E-state index contributed by atoms with van der Waals surface area (Å²) in [6.07, 6.45) is 5.94. The van der Waals surface area contributed by atoms with Crippen LogP contribution in [0.15, 0.2) is 18.2 Å². The van der Waals surface area contributed by atoms with Gasteiger partial charge in [0, 0.05) is 38.3 Å². The smallest absolute Gasteiger partial charge is 0.270 e. The van der Waals surface area contributed by atoms with E-state index in [2.05, 4.69) is 11.2 Å². The molecular weight excluding hydrogens is 322 g/mol. The normalized spacial score (nSPS) is 14.9. The standard InChI is InChI=1S/C17H19N5O3/c1-2-6-19-17(23)13-20-7-3-8-21(10-9-20)16-5-4-15(22(24)25)11-14(16)12-18/h1,4-5,11H,3,6-10,13H2,(H,19,23). The molecule has 1 N–H and O–H groups in total. The van der Waals surface area contributed by atoms with Crippen molar-refractivity contribution in [1.82, 2.24) is 10.2 Å². The Balaban J connectivity index is 2.04. The van der Waals surface area contributed by atoms with Crippen LogP contribution in [0, 0.1) is 33.8 Å². The van der Waals surface area contributed by atoms with Crippen molar-refractivity contribution in [2.75, 3.05) is 44.2 Å². The van der Waals surface area contributed by atoms with E-state index < -0.39 is 4.92 Å². The van der Waals surface area contributed by atoms with Gasteiger partial charge in [0.1, 0.15) is 6.07 Å². The molecule has 1 heterocycles. The monoisotopic (exact) mass is 341 g/mol. The van der Waals surface area contributed by atoms with E-state index in [1.165, 1.54) is 12.1 Å². The number of nitrogens with one attached hydrogen (secondary N) is 1. The summed E-state index contributed by atoms with van der Waals surface area (Å²) in [5, 5.41) is 22.8. The zero-order valence-electron chi connectivity index (χ0n) is 13.8. The quantitative estimate of drug-likeness (QED) is 0.481. The van der Waals surface area contributed by atoms with Crippen molar-refractivity contribution in [2.45, 2.75) is 6.42 Å². The van der Waals surface area contributed by atoms with Crippen molar-refractivity contribution >= 4 is 17.3 Å². The molecule has 1 aliphatic rings. The Morgan fingerprint density at radius 3 is 2.84 bits per heavy atom. The number of benzene rings is 1. The molecule has 2 rings (SSSR count). The molecule has 1 aromatic rings. The molecule has 1 amide bonds. The number of carbonyl (C=O) groups is 1. The lowest BCUT2D eigenvalue weighted by Gasteiger charge is -2.24. The number of non-ortho nitro benzene ring substituents is 1. The molecule has 0 saturated carbocycles. The minimum atomic E-state index is -0.510. The van der Waals surface area contributed by atoms with Gasteiger partial charge in [-0.15, -0.1) is 6.42 Å². The van der Waals surface area contributed by atoms with Crippen LogP contribution in [0.3, 0.4) is 0 Å². The highest BCUT2D eigenvalue weighted by Gasteiger charge is 2.20. The Morgan fingerprint density at radius 1 is 1.36 bits per heavy atom. The molecule has 8 nitrogen and oxygen atoms in total. The van der Waals surface area contributed by atoms with Crippen LogP contribution >= 0.6 is 0 Å². The molecule has 0 aliphatic carbocycles. The van der Waals surface area contributed by atoms with Crippen LogP contribution in [0.4, 0.5) is 11.4 Å². The van der Waals surface area contributed by atoms with Gasteiger partial charge in [0.2, 0.25) is 5.91 Å². The molecule has 1 fully saturated rings. The maximum atomic E-state index is 11.8. The van der Waals surface area contributed by atoms with Gasteiger partial charge in [0.25, 0.3) is 5.69 Å². The Hall–Kier alpha value is -3.10. The van der Waals surface area contributed by atoms with E-state index in [1.807, 2.05) is 15.9 Å². The number of hydrogen-bond acceptors (Lipinski definition) is 6. The molecule has 0 atom stereocenters. The molecule has 8 heteroatoms. The van der Waals surface area contributed by atoms with Gasteiger partial charge in [-0.05, 0) is 12.5 Å². The number of amides is 1. The number of carbonyl (C=O) groups excluding carboxylic acids is 1. The topological polar surface area (TPSA) is 103 Å². The summed E-state index contributed by atoms with van der Waals surface area (Å²) < 4.78 is 0. The number of rotatable bonds is 5. The number of nitriles is 1. The van der Waals surface area contributed by atoms with Gasteiger partial charge in [-0.2, -0.15) is 5.26 Å². The molecule has 1 aliphatic heterocycles. The fourth-order valence-corrected chi connectivity index (χ4v) is 2.78.